The lowest BCUT2D eigenvalue weighted by molar-refractivity contribution is -0.255. The molecule has 0 aromatic heterocycles. The molecule has 132 valence electrons. The molecule has 0 aliphatic carbocycles. The van der Waals surface area contributed by atoms with Crippen molar-refractivity contribution in [1.82, 2.24) is 0 Å². The maximum absolute atomic E-state index is 12.1. The molecular weight excluding hydrogens is 318 g/mol. The number of carbonyl (C=O) groups excluding carboxylic acids is 2. The van der Waals surface area contributed by atoms with Crippen molar-refractivity contribution in [3.63, 3.8) is 0 Å². The minimum atomic E-state index is -1.25. The monoisotopic (exact) mass is 340 g/mol. The van der Waals surface area contributed by atoms with Gasteiger partial charge in [0.15, 0.2) is 6.61 Å². The molecule has 1 amide bonds. The van der Waals surface area contributed by atoms with E-state index in [4.69, 9.17) is 4.74 Å². The molecule has 0 fully saturated rings. The van der Waals surface area contributed by atoms with Crippen LogP contribution in [0.25, 0.3) is 0 Å². The van der Waals surface area contributed by atoms with E-state index in [0.717, 1.165) is 11.1 Å². The van der Waals surface area contributed by atoms with Gasteiger partial charge < -0.3 is 20.0 Å². The molecule has 0 aliphatic rings. The van der Waals surface area contributed by atoms with Crippen LogP contribution in [0.5, 0.6) is 5.75 Å². The van der Waals surface area contributed by atoms with Crippen molar-refractivity contribution in [2.45, 2.75) is 33.1 Å². The van der Waals surface area contributed by atoms with E-state index in [-0.39, 0.29) is 23.5 Å². The molecule has 2 aromatic carbocycles. The van der Waals surface area contributed by atoms with Gasteiger partial charge in [0.2, 0.25) is 0 Å². The second-order valence-corrected chi connectivity index (χ2v) is 6.95. The number of anilines is 1. The third kappa shape index (κ3) is 5.08. The van der Waals surface area contributed by atoms with Crippen LogP contribution in [-0.4, -0.2) is 18.5 Å². The number of nitrogens with one attached hydrogen (secondary N) is 1. The first-order valence-electron chi connectivity index (χ1n) is 8.02. The van der Waals surface area contributed by atoms with E-state index in [0.29, 0.717) is 11.4 Å². The molecule has 0 bridgehead atoms. The number of rotatable bonds is 5. The highest BCUT2D eigenvalue weighted by Gasteiger charge is 2.19. The fourth-order valence-electron chi connectivity index (χ4n) is 2.40. The molecule has 0 spiro atoms. The van der Waals surface area contributed by atoms with E-state index >= 15 is 0 Å². The average Bonchev–Trinajstić information content (AvgIpc) is 2.52. The Morgan fingerprint density at radius 2 is 1.72 bits per heavy atom. The molecule has 0 aliphatic heterocycles. The van der Waals surface area contributed by atoms with E-state index in [9.17, 15) is 14.7 Å². The summed E-state index contributed by atoms with van der Waals surface area (Å²) in [4.78, 5) is 22.8. The van der Waals surface area contributed by atoms with Gasteiger partial charge in [-0.2, -0.15) is 0 Å². The van der Waals surface area contributed by atoms with E-state index in [1.54, 1.807) is 0 Å². The molecule has 0 saturated heterocycles. The van der Waals surface area contributed by atoms with Gasteiger partial charge in [0.1, 0.15) is 5.75 Å². The van der Waals surface area contributed by atoms with Gasteiger partial charge in [-0.25, -0.2) is 0 Å². The predicted octanol–water partition coefficient (Wildman–Crippen LogP) is 2.67. The summed E-state index contributed by atoms with van der Waals surface area (Å²) >= 11 is 0. The molecule has 1 N–H and O–H groups in total. The van der Waals surface area contributed by atoms with Crippen molar-refractivity contribution < 1.29 is 19.4 Å². The number of carboxylic acid groups (broad SMARTS) is 1. The molecule has 0 atom stereocenters. The number of hydrogen-bond donors (Lipinski definition) is 1. The smallest absolute Gasteiger partial charge is 0.262 e. The van der Waals surface area contributed by atoms with Gasteiger partial charge in [0, 0.05) is 5.69 Å². The Morgan fingerprint density at radius 1 is 1.08 bits per heavy atom. The summed E-state index contributed by atoms with van der Waals surface area (Å²) in [6.07, 6.45) is 0. The highest BCUT2D eigenvalue weighted by atomic mass is 16.5. The van der Waals surface area contributed by atoms with Crippen LogP contribution in [0, 0.1) is 6.92 Å². The summed E-state index contributed by atoms with van der Waals surface area (Å²) < 4.78 is 5.72. The number of carboxylic acids is 1. The van der Waals surface area contributed by atoms with Crippen LogP contribution < -0.4 is 15.2 Å². The number of amides is 1. The van der Waals surface area contributed by atoms with Gasteiger partial charge in [-0.05, 0) is 47.2 Å². The van der Waals surface area contributed by atoms with E-state index in [1.165, 1.54) is 24.3 Å². The van der Waals surface area contributed by atoms with Crippen LogP contribution in [0.15, 0.2) is 42.5 Å². The highest BCUT2D eigenvalue weighted by Crippen LogP contribution is 2.32. The molecule has 2 rings (SSSR count). The van der Waals surface area contributed by atoms with Crippen LogP contribution in [0.2, 0.25) is 0 Å². The Kier molecular flexibility index (Phi) is 5.47. The second-order valence-electron chi connectivity index (χ2n) is 6.95. The molecule has 0 saturated carbocycles. The Labute approximate surface area is 147 Å². The first kappa shape index (κ1) is 18.5. The Morgan fingerprint density at radius 3 is 2.28 bits per heavy atom. The van der Waals surface area contributed by atoms with Gasteiger partial charge >= 0.3 is 0 Å². The molecule has 5 heteroatoms. The van der Waals surface area contributed by atoms with Gasteiger partial charge in [-0.15, -0.1) is 0 Å². The van der Waals surface area contributed by atoms with Crippen molar-refractivity contribution in [3.8, 4) is 5.75 Å². The first-order valence-corrected chi connectivity index (χ1v) is 8.02. The summed E-state index contributed by atoms with van der Waals surface area (Å²) in [5.74, 6) is -0.882. The summed E-state index contributed by atoms with van der Waals surface area (Å²) in [5.41, 5.74) is 2.55. The van der Waals surface area contributed by atoms with Gasteiger partial charge in [-0.1, -0.05) is 45.0 Å². The number of hydrogen-bond acceptors (Lipinski definition) is 4. The summed E-state index contributed by atoms with van der Waals surface area (Å²) in [6.45, 7) is 8.10. The van der Waals surface area contributed by atoms with Gasteiger partial charge in [0.05, 0.1) is 5.97 Å². The van der Waals surface area contributed by atoms with Gasteiger partial charge in [0.25, 0.3) is 5.91 Å². The minimum Gasteiger partial charge on any atom is -0.545 e. The average molecular weight is 340 g/mol. The topological polar surface area (TPSA) is 78.5 Å². The Bertz CT molecular complexity index is 773. The maximum Gasteiger partial charge on any atom is 0.262 e. The van der Waals surface area contributed by atoms with Crippen LogP contribution in [-0.2, 0) is 10.2 Å². The minimum absolute atomic E-state index is 0.0591. The lowest BCUT2D eigenvalue weighted by Gasteiger charge is -2.23. The fraction of sp³-hybridized carbons (Fsp3) is 0.300. The van der Waals surface area contributed by atoms with Crippen molar-refractivity contribution in [3.05, 3.63) is 59.2 Å². The normalized spacial score (nSPS) is 11.0. The molecule has 0 unspecified atom stereocenters. The zero-order valence-corrected chi connectivity index (χ0v) is 14.9. The predicted molar refractivity (Wildman–Crippen MR) is 94.8 cm³/mol. The third-order valence-corrected chi connectivity index (χ3v) is 3.71. The van der Waals surface area contributed by atoms with Crippen molar-refractivity contribution >= 4 is 17.6 Å². The lowest BCUT2D eigenvalue weighted by Crippen LogP contribution is -2.23. The van der Waals surface area contributed by atoms with Crippen molar-refractivity contribution in [1.29, 1.82) is 0 Å². The van der Waals surface area contributed by atoms with Gasteiger partial charge in [-0.3, -0.25) is 4.79 Å². The van der Waals surface area contributed by atoms with E-state index in [2.05, 4.69) is 26.1 Å². The number of aromatic carboxylic acids is 1. The van der Waals surface area contributed by atoms with E-state index < -0.39 is 5.97 Å². The quantitative estimate of drug-likeness (QED) is 0.908. The van der Waals surface area contributed by atoms with Crippen LogP contribution in [0.1, 0.15) is 42.3 Å². The molecular formula is C20H22NO4-. The van der Waals surface area contributed by atoms with Crippen LogP contribution >= 0.6 is 0 Å². The SMILES string of the molecule is Cc1ccc(C(C)(C)C)c(OCC(=O)Nc2ccc(C(=O)[O-])cc2)c1. The third-order valence-electron chi connectivity index (χ3n) is 3.71. The van der Waals surface area contributed by atoms with Crippen LogP contribution in [0.4, 0.5) is 5.69 Å². The first-order chi connectivity index (χ1) is 11.7. The Balaban J connectivity index is 2.03. The zero-order chi connectivity index (χ0) is 18.6. The maximum atomic E-state index is 12.1. The molecule has 5 nitrogen and oxygen atoms in total. The van der Waals surface area contributed by atoms with Crippen LogP contribution in [0.3, 0.4) is 0 Å². The number of aryl methyl sites for hydroxylation is 1. The molecule has 2 aromatic rings. The summed E-state index contributed by atoms with van der Waals surface area (Å²) in [7, 11) is 0. The lowest BCUT2D eigenvalue weighted by atomic mass is 9.86. The molecule has 0 heterocycles. The van der Waals surface area contributed by atoms with E-state index in [1.807, 2.05) is 25.1 Å². The summed E-state index contributed by atoms with van der Waals surface area (Å²) in [5, 5.41) is 13.4. The number of ether oxygens (including phenoxy) is 1. The standard InChI is InChI=1S/C20H23NO4/c1-13-5-10-16(20(2,3)4)17(11-13)25-12-18(22)21-15-8-6-14(7-9-15)19(23)24/h5-11H,12H2,1-4H3,(H,21,22)(H,23,24)/p-1. The second kappa shape index (κ2) is 7.38. The molecule has 0 radical (unpaired) electrons. The van der Waals surface area contributed by atoms with Crippen molar-refractivity contribution in [2.24, 2.45) is 0 Å². The fourth-order valence-corrected chi connectivity index (χ4v) is 2.40. The van der Waals surface area contributed by atoms with Crippen molar-refractivity contribution in [2.75, 3.05) is 11.9 Å². The molecule has 25 heavy (non-hydrogen) atoms. The largest absolute Gasteiger partial charge is 0.545 e. The Hall–Kier alpha value is -2.82. The highest BCUT2D eigenvalue weighted by molar-refractivity contribution is 5.93. The number of benzene rings is 2. The summed E-state index contributed by atoms with van der Waals surface area (Å²) in [6, 6.07) is 11.7. The zero-order valence-electron chi connectivity index (χ0n) is 14.9. The number of carbonyl (C=O) groups is 2.